The summed E-state index contributed by atoms with van der Waals surface area (Å²) in [5.74, 6) is 1.39. The van der Waals surface area contributed by atoms with E-state index in [9.17, 15) is 4.79 Å². The molecule has 154 valence electrons. The summed E-state index contributed by atoms with van der Waals surface area (Å²) in [6, 6.07) is 18.1. The van der Waals surface area contributed by atoms with Crippen LogP contribution in [0.2, 0.25) is 0 Å². The Bertz CT molecular complexity index is 982. The smallest absolute Gasteiger partial charge is 0.222 e. The number of hydrogen-bond donors (Lipinski definition) is 0. The largest absolute Gasteiger partial charge is 0.497 e. The molecular weight excluding hydrogens is 374 g/mol. The first-order valence-electron chi connectivity index (χ1n) is 10.5. The van der Waals surface area contributed by atoms with Crippen molar-refractivity contribution < 1.29 is 9.53 Å². The Labute approximate surface area is 177 Å². The minimum Gasteiger partial charge on any atom is -0.497 e. The molecule has 0 unspecified atom stereocenters. The number of carbonyl (C=O) groups is 1. The van der Waals surface area contributed by atoms with Crippen molar-refractivity contribution in [1.29, 1.82) is 0 Å². The van der Waals surface area contributed by atoms with Crippen LogP contribution < -0.4 is 4.74 Å². The summed E-state index contributed by atoms with van der Waals surface area (Å²) >= 11 is 0. The summed E-state index contributed by atoms with van der Waals surface area (Å²) < 4.78 is 5.32. The highest BCUT2D eigenvalue weighted by molar-refractivity contribution is 5.76. The number of likely N-dealkylation sites (tertiary alicyclic amines) is 1. The first-order valence-corrected chi connectivity index (χ1v) is 10.5. The number of aryl methyl sites for hydroxylation is 1. The van der Waals surface area contributed by atoms with Gasteiger partial charge in [-0.25, -0.2) is 4.98 Å². The molecule has 3 aromatic rings. The average Bonchev–Trinajstić information content (AvgIpc) is 2.83. The Hall–Kier alpha value is -3.21. The van der Waals surface area contributed by atoms with Crippen LogP contribution in [0.25, 0.3) is 11.3 Å². The van der Waals surface area contributed by atoms with Crippen molar-refractivity contribution in [2.75, 3.05) is 20.2 Å². The van der Waals surface area contributed by atoms with E-state index in [1.54, 1.807) is 13.3 Å². The molecule has 2 aromatic carbocycles. The average molecular weight is 402 g/mol. The van der Waals surface area contributed by atoms with Gasteiger partial charge in [-0.1, -0.05) is 42.5 Å². The third kappa shape index (κ3) is 4.85. The van der Waals surface area contributed by atoms with Crippen molar-refractivity contribution in [2.45, 2.75) is 31.6 Å². The van der Waals surface area contributed by atoms with Gasteiger partial charge in [0.15, 0.2) is 0 Å². The summed E-state index contributed by atoms with van der Waals surface area (Å²) in [6.45, 7) is 1.56. The molecule has 1 aliphatic rings. The number of nitrogens with zero attached hydrogens (tertiary/aromatic N) is 3. The van der Waals surface area contributed by atoms with Gasteiger partial charge >= 0.3 is 0 Å². The molecule has 1 aliphatic heterocycles. The van der Waals surface area contributed by atoms with Gasteiger partial charge in [-0.15, -0.1) is 0 Å². The highest BCUT2D eigenvalue weighted by atomic mass is 16.5. The molecule has 2 heterocycles. The van der Waals surface area contributed by atoms with E-state index in [2.05, 4.69) is 17.1 Å². The summed E-state index contributed by atoms with van der Waals surface area (Å²) in [4.78, 5) is 23.9. The third-order valence-electron chi connectivity index (χ3n) is 5.75. The lowest BCUT2D eigenvalue weighted by Gasteiger charge is -2.32. The monoisotopic (exact) mass is 401 g/mol. The molecule has 1 amide bonds. The number of aromatic nitrogens is 2. The number of rotatable bonds is 6. The number of hydrogen-bond acceptors (Lipinski definition) is 4. The van der Waals surface area contributed by atoms with Gasteiger partial charge in [0.2, 0.25) is 5.91 Å². The highest BCUT2D eigenvalue weighted by Crippen LogP contribution is 2.29. The maximum Gasteiger partial charge on any atom is 0.222 e. The Balaban J connectivity index is 1.35. The summed E-state index contributed by atoms with van der Waals surface area (Å²) in [5, 5.41) is 0. The van der Waals surface area contributed by atoms with Crippen molar-refractivity contribution >= 4 is 5.91 Å². The molecule has 0 atom stereocenters. The van der Waals surface area contributed by atoms with Crippen LogP contribution in [0.4, 0.5) is 0 Å². The van der Waals surface area contributed by atoms with Crippen LogP contribution in [0.3, 0.4) is 0 Å². The second kappa shape index (κ2) is 9.53. The van der Waals surface area contributed by atoms with Crippen LogP contribution in [0.1, 0.15) is 36.4 Å². The third-order valence-corrected chi connectivity index (χ3v) is 5.75. The Morgan fingerprint density at radius 1 is 1.07 bits per heavy atom. The minimum absolute atomic E-state index is 0.244. The lowest BCUT2D eigenvalue weighted by molar-refractivity contribution is -0.132. The second-order valence-corrected chi connectivity index (χ2v) is 7.70. The Morgan fingerprint density at radius 3 is 2.63 bits per heavy atom. The molecular formula is C25H27N3O2. The molecule has 5 heteroatoms. The van der Waals surface area contributed by atoms with Crippen LogP contribution in [0, 0.1) is 0 Å². The topological polar surface area (TPSA) is 55.3 Å². The van der Waals surface area contributed by atoms with E-state index >= 15 is 0 Å². The van der Waals surface area contributed by atoms with Crippen molar-refractivity contribution in [3.63, 3.8) is 0 Å². The molecule has 0 bridgehead atoms. The Kier molecular flexibility index (Phi) is 6.38. The van der Waals surface area contributed by atoms with Crippen LogP contribution in [0.5, 0.6) is 5.75 Å². The lowest BCUT2D eigenvalue weighted by Crippen LogP contribution is -2.38. The SMILES string of the molecule is COc1cccc(-c2cncc(C3CCN(C(=O)CCc4ccccc4)CC3)n2)c1. The maximum absolute atomic E-state index is 12.6. The zero-order chi connectivity index (χ0) is 20.8. The first kappa shape index (κ1) is 20.1. The van der Waals surface area contributed by atoms with Gasteiger partial charge in [0.1, 0.15) is 5.75 Å². The molecule has 0 saturated carbocycles. The van der Waals surface area contributed by atoms with Crippen LogP contribution in [0.15, 0.2) is 67.0 Å². The molecule has 1 saturated heterocycles. The fraction of sp³-hybridized carbons (Fsp3) is 0.320. The quantitative estimate of drug-likeness (QED) is 0.611. The van der Waals surface area contributed by atoms with Gasteiger partial charge < -0.3 is 9.64 Å². The highest BCUT2D eigenvalue weighted by Gasteiger charge is 2.25. The maximum atomic E-state index is 12.6. The normalized spacial score (nSPS) is 14.5. The van der Waals surface area contributed by atoms with Gasteiger partial charge in [0.25, 0.3) is 0 Å². The predicted molar refractivity (Wildman–Crippen MR) is 117 cm³/mol. The van der Waals surface area contributed by atoms with E-state index in [4.69, 9.17) is 9.72 Å². The van der Waals surface area contributed by atoms with Crippen molar-refractivity contribution in [3.05, 3.63) is 78.2 Å². The van der Waals surface area contributed by atoms with E-state index < -0.39 is 0 Å². The van der Waals surface area contributed by atoms with E-state index in [1.165, 1.54) is 5.56 Å². The molecule has 30 heavy (non-hydrogen) atoms. The molecule has 4 rings (SSSR count). The molecule has 0 N–H and O–H groups in total. The van der Waals surface area contributed by atoms with Crippen LogP contribution in [-0.2, 0) is 11.2 Å². The minimum atomic E-state index is 0.244. The number of ether oxygens (including phenoxy) is 1. The van der Waals surface area contributed by atoms with Crippen molar-refractivity contribution in [3.8, 4) is 17.0 Å². The number of amides is 1. The number of methoxy groups -OCH3 is 1. The van der Waals surface area contributed by atoms with E-state index in [-0.39, 0.29) is 5.91 Å². The molecule has 0 spiro atoms. The zero-order valence-corrected chi connectivity index (χ0v) is 17.3. The standard InChI is InChI=1S/C25H27N3O2/c1-30-22-9-5-8-21(16-22)24-18-26-17-23(27-24)20-12-14-28(15-13-20)25(29)11-10-19-6-3-2-4-7-19/h2-9,16-18,20H,10-15H2,1H3. The Morgan fingerprint density at radius 2 is 1.87 bits per heavy atom. The van der Waals surface area contributed by atoms with E-state index in [0.29, 0.717) is 12.3 Å². The molecule has 0 radical (unpaired) electrons. The van der Waals surface area contributed by atoms with Crippen LogP contribution in [-0.4, -0.2) is 41.0 Å². The summed E-state index contributed by atoms with van der Waals surface area (Å²) in [7, 11) is 1.66. The number of benzene rings is 2. The van der Waals surface area contributed by atoms with Crippen molar-refractivity contribution in [2.24, 2.45) is 0 Å². The van der Waals surface area contributed by atoms with E-state index in [1.807, 2.05) is 53.6 Å². The fourth-order valence-electron chi connectivity index (χ4n) is 3.98. The molecule has 5 nitrogen and oxygen atoms in total. The second-order valence-electron chi connectivity index (χ2n) is 7.70. The summed E-state index contributed by atoms with van der Waals surface area (Å²) in [6.07, 6.45) is 6.87. The van der Waals surface area contributed by atoms with Gasteiger partial charge in [-0.2, -0.15) is 0 Å². The fourth-order valence-corrected chi connectivity index (χ4v) is 3.98. The lowest BCUT2D eigenvalue weighted by atomic mass is 9.93. The van der Waals surface area contributed by atoms with Gasteiger partial charge in [0, 0.05) is 37.2 Å². The number of piperidine rings is 1. The van der Waals surface area contributed by atoms with Crippen molar-refractivity contribution in [1.82, 2.24) is 14.9 Å². The van der Waals surface area contributed by atoms with Gasteiger partial charge in [-0.05, 0) is 37.0 Å². The van der Waals surface area contributed by atoms with Gasteiger partial charge in [0.05, 0.1) is 24.7 Å². The molecule has 1 aromatic heterocycles. The van der Waals surface area contributed by atoms with Crippen LogP contribution >= 0.6 is 0 Å². The zero-order valence-electron chi connectivity index (χ0n) is 17.3. The predicted octanol–water partition coefficient (Wildman–Crippen LogP) is 4.49. The first-order chi connectivity index (χ1) is 14.7. The van der Waals surface area contributed by atoms with E-state index in [0.717, 1.165) is 55.1 Å². The molecule has 1 fully saturated rings. The summed E-state index contributed by atoms with van der Waals surface area (Å²) in [5.41, 5.74) is 4.07. The molecule has 0 aliphatic carbocycles. The number of carbonyl (C=O) groups excluding carboxylic acids is 1. The van der Waals surface area contributed by atoms with Gasteiger partial charge in [-0.3, -0.25) is 9.78 Å².